The van der Waals surface area contributed by atoms with Crippen LogP contribution in [0.15, 0.2) is 24.3 Å². The van der Waals surface area contributed by atoms with Gasteiger partial charge in [0, 0.05) is 6.54 Å². The van der Waals surface area contributed by atoms with Crippen LogP contribution in [-0.2, 0) is 6.54 Å². The number of nitriles is 1. The predicted molar refractivity (Wildman–Crippen MR) is 72.3 cm³/mol. The van der Waals surface area contributed by atoms with Gasteiger partial charge < -0.3 is 10.2 Å². The van der Waals surface area contributed by atoms with E-state index >= 15 is 0 Å². The molecule has 0 aromatic heterocycles. The molecule has 4 heteroatoms. The molecule has 1 heterocycles. The average Bonchev–Trinajstić information content (AvgIpc) is 2.48. The van der Waals surface area contributed by atoms with Gasteiger partial charge in [-0.15, -0.1) is 0 Å². The lowest BCUT2D eigenvalue weighted by Crippen LogP contribution is -2.38. The van der Waals surface area contributed by atoms with E-state index in [9.17, 15) is 5.11 Å². The van der Waals surface area contributed by atoms with E-state index in [2.05, 4.69) is 11.0 Å². The maximum absolute atomic E-state index is 9.63. The molecule has 1 saturated heterocycles. The number of benzene rings is 1. The first kappa shape index (κ1) is 14.0. The fourth-order valence-electron chi connectivity index (χ4n) is 2.65. The van der Waals surface area contributed by atoms with Crippen LogP contribution in [0.4, 0.5) is 0 Å². The number of nitrogens with zero attached hydrogens (tertiary/aromatic N) is 2. The van der Waals surface area contributed by atoms with Crippen molar-refractivity contribution < 1.29 is 10.2 Å². The van der Waals surface area contributed by atoms with E-state index in [4.69, 9.17) is 10.4 Å². The topological polar surface area (TPSA) is 67.5 Å². The number of aliphatic hydroxyl groups excluding tert-OH is 2. The van der Waals surface area contributed by atoms with E-state index in [-0.39, 0.29) is 12.5 Å². The summed E-state index contributed by atoms with van der Waals surface area (Å²) in [4.78, 5) is 2.30. The standard InChI is InChI=1S/C15H20N2O2/c16-9-13-3-1-2-4-14(13)10-17-7-5-12(6-8-17)15(19)11-18/h1-4,12,15,18-19H,5-8,10-11H2. The fourth-order valence-corrected chi connectivity index (χ4v) is 2.65. The maximum Gasteiger partial charge on any atom is 0.0995 e. The van der Waals surface area contributed by atoms with Gasteiger partial charge in [-0.05, 0) is 43.5 Å². The smallest absolute Gasteiger partial charge is 0.0995 e. The van der Waals surface area contributed by atoms with Gasteiger partial charge in [-0.3, -0.25) is 4.90 Å². The van der Waals surface area contributed by atoms with Crippen molar-refractivity contribution in [2.45, 2.75) is 25.5 Å². The van der Waals surface area contributed by atoms with Crippen molar-refractivity contribution in [3.63, 3.8) is 0 Å². The van der Waals surface area contributed by atoms with Crippen LogP contribution in [0.2, 0.25) is 0 Å². The Kier molecular flexibility index (Phi) is 4.92. The molecule has 0 amide bonds. The van der Waals surface area contributed by atoms with Gasteiger partial charge in [0.2, 0.25) is 0 Å². The van der Waals surface area contributed by atoms with Crippen molar-refractivity contribution in [1.82, 2.24) is 4.90 Å². The second kappa shape index (κ2) is 6.67. The lowest BCUT2D eigenvalue weighted by atomic mass is 9.91. The molecule has 102 valence electrons. The molecule has 1 aromatic rings. The molecule has 0 bridgehead atoms. The molecule has 2 N–H and O–H groups in total. The Morgan fingerprint density at radius 2 is 2.00 bits per heavy atom. The van der Waals surface area contributed by atoms with E-state index in [1.54, 1.807) is 0 Å². The van der Waals surface area contributed by atoms with Gasteiger partial charge in [0.15, 0.2) is 0 Å². The third-order valence-corrected chi connectivity index (χ3v) is 3.90. The first-order valence-corrected chi connectivity index (χ1v) is 6.74. The van der Waals surface area contributed by atoms with Crippen LogP contribution in [-0.4, -0.2) is 40.9 Å². The quantitative estimate of drug-likeness (QED) is 0.851. The zero-order valence-electron chi connectivity index (χ0n) is 11.0. The molecule has 0 radical (unpaired) electrons. The highest BCUT2D eigenvalue weighted by atomic mass is 16.3. The van der Waals surface area contributed by atoms with E-state index < -0.39 is 6.10 Å². The third kappa shape index (κ3) is 3.54. The van der Waals surface area contributed by atoms with Gasteiger partial charge in [0.05, 0.1) is 24.3 Å². The lowest BCUT2D eigenvalue weighted by Gasteiger charge is -2.33. The van der Waals surface area contributed by atoms with E-state index in [1.807, 2.05) is 24.3 Å². The van der Waals surface area contributed by atoms with Crippen LogP contribution in [0.3, 0.4) is 0 Å². The Bertz CT molecular complexity index is 448. The van der Waals surface area contributed by atoms with E-state index in [0.29, 0.717) is 0 Å². The monoisotopic (exact) mass is 260 g/mol. The van der Waals surface area contributed by atoms with Crippen LogP contribution in [0.5, 0.6) is 0 Å². The lowest BCUT2D eigenvalue weighted by molar-refractivity contribution is 0.0172. The Labute approximate surface area is 113 Å². The van der Waals surface area contributed by atoms with Crippen LogP contribution in [0, 0.1) is 17.2 Å². The summed E-state index contributed by atoms with van der Waals surface area (Å²) in [5.74, 6) is 0.201. The number of likely N-dealkylation sites (tertiary alicyclic amines) is 1. The second-order valence-electron chi connectivity index (χ2n) is 5.13. The molecule has 0 spiro atoms. The summed E-state index contributed by atoms with van der Waals surface area (Å²) in [7, 11) is 0. The summed E-state index contributed by atoms with van der Waals surface area (Å²) < 4.78 is 0. The molecule has 1 fully saturated rings. The van der Waals surface area contributed by atoms with Crippen LogP contribution >= 0.6 is 0 Å². The van der Waals surface area contributed by atoms with E-state index in [1.165, 1.54) is 0 Å². The predicted octanol–water partition coefficient (Wildman–Crippen LogP) is 1.12. The van der Waals surface area contributed by atoms with Gasteiger partial charge >= 0.3 is 0 Å². The minimum absolute atomic E-state index is 0.151. The molecule has 1 unspecified atom stereocenters. The zero-order valence-corrected chi connectivity index (χ0v) is 11.0. The van der Waals surface area contributed by atoms with Crippen molar-refractivity contribution in [1.29, 1.82) is 5.26 Å². The zero-order chi connectivity index (χ0) is 13.7. The van der Waals surface area contributed by atoms with Crippen LogP contribution in [0.25, 0.3) is 0 Å². The first-order valence-electron chi connectivity index (χ1n) is 6.74. The SMILES string of the molecule is N#Cc1ccccc1CN1CCC(C(O)CO)CC1. The molecule has 1 atom stereocenters. The highest BCUT2D eigenvalue weighted by molar-refractivity contribution is 5.37. The molecule has 0 aliphatic carbocycles. The van der Waals surface area contributed by atoms with Gasteiger partial charge in [0.1, 0.15) is 0 Å². The Hall–Kier alpha value is -1.41. The maximum atomic E-state index is 9.63. The number of piperidine rings is 1. The summed E-state index contributed by atoms with van der Waals surface area (Å²) in [5.41, 5.74) is 1.80. The van der Waals surface area contributed by atoms with Crippen molar-refractivity contribution in [3.05, 3.63) is 35.4 Å². The highest BCUT2D eigenvalue weighted by Gasteiger charge is 2.24. The minimum atomic E-state index is -0.589. The first-order chi connectivity index (χ1) is 9.24. The molecule has 2 rings (SSSR count). The van der Waals surface area contributed by atoms with Gasteiger partial charge in [-0.1, -0.05) is 18.2 Å². The molecule has 0 saturated carbocycles. The van der Waals surface area contributed by atoms with Crippen molar-refractivity contribution >= 4 is 0 Å². The number of hydrogen-bond acceptors (Lipinski definition) is 4. The van der Waals surface area contributed by atoms with E-state index in [0.717, 1.165) is 43.6 Å². The molecule has 1 aliphatic heterocycles. The van der Waals surface area contributed by atoms with Crippen molar-refractivity contribution in [2.24, 2.45) is 5.92 Å². The van der Waals surface area contributed by atoms with Crippen LogP contribution in [0.1, 0.15) is 24.0 Å². The van der Waals surface area contributed by atoms with Gasteiger partial charge in [0.25, 0.3) is 0 Å². The normalized spacial score (nSPS) is 19.0. The van der Waals surface area contributed by atoms with Crippen molar-refractivity contribution in [3.8, 4) is 6.07 Å². The number of hydrogen-bond donors (Lipinski definition) is 2. The summed E-state index contributed by atoms with van der Waals surface area (Å²) in [6, 6.07) is 9.90. The van der Waals surface area contributed by atoms with Crippen LogP contribution < -0.4 is 0 Å². The average molecular weight is 260 g/mol. The minimum Gasteiger partial charge on any atom is -0.394 e. The molecule has 19 heavy (non-hydrogen) atoms. The molecule has 4 nitrogen and oxygen atoms in total. The second-order valence-corrected chi connectivity index (χ2v) is 5.13. The third-order valence-electron chi connectivity index (χ3n) is 3.90. The number of rotatable bonds is 4. The fraction of sp³-hybridized carbons (Fsp3) is 0.533. The molecular formula is C15H20N2O2. The molecule has 1 aliphatic rings. The summed E-state index contributed by atoms with van der Waals surface area (Å²) in [5, 5.41) is 27.7. The van der Waals surface area contributed by atoms with Gasteiger partial charge in [-0.2, -0.15) is 5.26 Å². The summed E-state index contributed by atoms with van der Waals surface area (Å²) in [6.45, 7) is 2.44. The Balaban J connectivity index is 1.91. The molecular weight excluding hydrogens is 240 g/mol. The Morgan fingerprint density at radius 1 is 1.32 bits per heavy atom. The Morgan fingerprint density at radius 3 is 2.63 bits per heavy atom. The largest absolute Gasteiger partial charge is 0.394 e. The highest BCUT2D eigenvalue weighted by Crippen LogP contribution is 2.22. The van der Waals surface area contributed by atoms with Crippen molar-refractivity contribution in [2.75, 3.05) is 19.7 Å². The summed E-state index contributed by atoms with van der Waals surface area (Å²) in [6.07, 6.45) is 1.21. The summed E-state index contributed by atoms with van der Waals surface area (Å²) >= 11 is 0. The molecule has 1 aromatic carbocycles. The number of aliphatic hydroxyl groups is 2. The van der Waals surface area contributed by atoms with Gasteiger partial charge in [-0.25, -0.2) is 0 Å².